The standard InChI is InChI=1S/C11H13N5S/c1-2-3-14-9-6-13-8-11(16-9)17-10-7-12-4-5-15-10/h4-8H,2-3H2,1H3,(H,14,16). The lowest BCUT2D eigenvalue weighted by Crippen LogP contribution is -2.02. The third-order valence-electron chi connectivity index (χ3n) is 1.92. The SMILES string of the molecule is CCCNc1cncc(Sc2cnccn2)n1. The molecule has 0 radical (unpaired) electrons. The number of hydrogen-bond donors (Lipinski definition) is 1. The van der Waals surface area contributed by atoms with Gasteiger partial charge < -0.3 is 5.32 Å². The van der Waals surface area contributed by atoms with Crippen LogP contribution < -0.4 is 5.32 Å². The van der Waals surface area contributed by atoms with E-state index in [1.807, 2.05) is 0 Å². The summed E-state index contributed by atoms with van der Waals surface area (Å²) in [4.78, 5) is 16.8. The fraction of sp³-hybridized carbons (Fsp3) is 0.273. The summed E-state index contributed by atoms with van der Waals surface area (Å²) < 4.78 is 0. The molecule has 2 rings (SSSR count). The maximum Gasteiger partial charge on any atom is 0.145 e. The molecule has 88 valence electrons. The van der Waals surface area contributed by atoms with Crippen LogP contribution >= 0.6 is 11.8 Å². The zero-order chi connectivity index (χ0) is 11.9. The van der Waals surface area contributed by atoms with Crippen LogP contribution in [0.15, 0.2) is 41.0 Å². The molecule has 0 saturated carbocycles. The van der Waals surface area contributed by atoms with Crippen molar-refractivity contribution in [2.45, 2.75) is 23.4 Å². The van der Waals surface area contributed by atoms with Crippen LogP contribution in [0.5, 0.6) is 0 Å². The molecule has 2 heterocycles. The second kappa shape index (κ2) is 6.15. The van der Waals surface area contributed by atoms with Gasteiger partial charge in [-0.2, -0.15) is 0 Å². The van der Waals surface area contributed by atoms with Crippen LogP contribution in [0.4, 0.5) is 5.82 Å². The molecule has 0 saturated heterocycles. The van der Waals surface area contributed by atoms with Crippen molar-refractivity contribution in [3.8, 4) is 0 Å². The molecule has 2 aromatic rings. The fourth-order valence-corrected chi connectivity index (χ4v) is 1.88. The van der Waals surface area contributed by atoms with Gasteiger partial charge in [-0.1, -0.05) is 6.92 Å². The van der Waals surface area contributed by atoms with Crippen LogP contribution in [0.1, 0.15) is 13.3 Å². The highest BCUT2D eigenvalue weighted by Crippen LogP contribution is 2.23. The number of aromatic nitrogens is 4. The molecule has 5 nitrogen and oxygen atoms in total. The maximum absolute atomic E-state index is 4.43. The minimum absolute atomic E-state index is 0.792. The molecular formula is C11H13N5S. The highest BCUT2D eigenvalue weighted by Gasteiger charge is 2.02. The van der Waals surface area contributed by atoms with Crippen LogP contribution in [-0.2, 0) is 0 Å². The molecule has 0 aliphatic rings. The van der Waals surface area contributed by atoms with Gasteiger partial charge in [-0.05, 0) is 18.2 Å². The molecule has 0 aliphatic heterocycles. The lowest BCUT2D eigenvalue weighted by atomic mass is 10.5. The minimum atomic E-state index is 0.792. The van der Waals surface area contributed by atoms with E-state index in [2.05, 4.69) is 32.2 Å². The van der Waals surface area contributed by atoms with Crippen molar-refractivity contribution in [2.24, 2.45) is 0 Å². The Kier molecular flexibility index (Phi) is 4.26. The van der Waals surface area contributed by atoms with Gasteiger partial charge in [-0.25, -0.2) is 9.97 Å². The second-order valence-electron chi connectivity index (χ2n) is 3.32. The van der Waals surface area contributed by atoms with Crippen molar-refractivity contribution in [3.05, 3.63) is 31.0 Å². The molecule has 1 N–H and O–H groups in total. The summed E-state index contributed by atoms with van der Waals surface area (Å²) in [5, 5.41) is 4.82. The van der Waals surface area contributed by atoms with Crippen LogP contribution in [-0.4, -0.2) is 26.5 Å². The topological polar surface area (TPSA) is 63.6 Å². The van der Waals surface area contributed by atoms with E-state index in [0.717, 1.165) is 28.8 Å². The van der Waals surface area contributed by atoms with Gasteiger partial charge in [0.15, 0.2) is 0 Å². The average Bonchev–Trinajstić information content (AvgIpc) is 2.38. The van der Waals surface area contributed by atoms with E-state index >= 15 is 0 Å². The Morgan fingerprint density at radius 1 is 1.12 bits per heavy atom. The van der Waals surface area contributed by atoms with E-state index in [1.165, 1.54) is 11.8 Å². The van der Waals surface area contributed by atoms with E-state index in [0.29, 0.717) is 0 Å². The number of rotatable bonds is 5. The van der Waals surface area contributed by atoms with Gasteiger partial charge in [0.1, 0.15) is 15.9 Å². The summed E-state index contributed by atoms with van der Waals surface area (Å²) in [7, 11) is 0. The van der Waals surface area contributed by atoms with Gasteiger partial charge in [0.25, 0.3) is 0 Å². The Morgan fingerprint density at radius 3 is 2.76 bits per heavy atom. The Morgan fingerprint density at radius 2 is 2.00 bits per heavy atom. The summed E-state index contributed by atoms with van der Waals surface area (Å²) in [6, 6.07) is 0. The summed E-state index contributed by atoms with van der Waals surface area (Å²) in [5.41, 5.74) is 0. The van der Waals surface area contributed by atoms with E-state index in [1.54, 1.807) is 31.0 Å². The van der Waals surface area contributed by atoms with Crippen LogP contribution in [0.3, 0.4) is 0 Å². The average molecular weight is 247 g/mol. The predicted octanol–water partition coefficient (Wildman–Crippen LogP) is 2.24. The first-order chi connectivity index (χ1) is 8.38. The fourth-order valence-electron chi connectivity index (χ4n) is 1.18. The molecule has 0 aliphatic carbocycles. The van der Waals surface area contributed by atoms with E-state index in [-0.39, 0.29) is 0 Å². The first-order valence-electron chi connectivity index (χ1n) is 5.38. The monoisotopic (exact) mass is 247 g/mol. The summed E-state index contributed by atoms with van der Waals surface area (Å²) in [5.74, 6) is 0.792. The van der Waals surface area contributed by atoms with E-state index < -0.39 is 0 Å². The minimum Gasteiger partial charge on any atom is -0.369 e. The Balaban J connectivity index is 2.06. The maximum atomic E-state index is 4.43. The predicted molar refractivity (Wildman–Crippen MR) is 67.0 cm³/mol. The highest BCUT2D eigenvalue weighted by molar-refractivity contribution is 7.99. The van der Waals surface area contributed by atoms with Crippen molar-refractivity contribution in [1.29, 1.82) is 0 Å². The van der Waals surface area contributed by atoms with Gasteiger partial charge in [0.05, 0.1) is 18.6 Å². The molecule has 0 unspecified atom stereocenters. The van der Waals surface area contributed by atoms with Gasteiger partial charge in [-0.15, -0.1) is 0 Å². The van der Waals surface area contributed by atoms with E-state index in [4.69, 9.17) is 0 Å². The van der Waals surface area contributed by atoms with Gasteiger partial charge in [0.2, 0.25) is 0 Å². The summed E-state index contributed by atoms with van der Waals surface area (Å²) in [6.07, 6.45) is 9.51. The normalized spacial score (nSPS) is 10.2. The van der Waals surface area contributed by atoms with Gasteiger partial charge in [-0.3, -0.25) is 9.97 Å². The first kappa shape index (κ1) is 11.8. The van der Waals surface area contributed by atoms with Gasteiger partial charge in [0, 0.05) is 18.9 Å². The smallest absolute Gasteiger partial charge is 0.145 e. The zero-order valence-corrected chi connectivity index (χ0v) is 10.3. The molecule has 6 heteroatoms. The van der Waals surface area contributed by atoms with Gasteiger partial charge >= 0.3 is 0 Å². The lowest BCUT2D eigenvalue weighted by molar-refractivity contribution is 0.946. The quantitative estimate of drug-likeness (QED) is 0.874. The largest absolute Gasteiger partial charge is 0.369 e. The van der Waals surface area contributed by atoms with Crippen molar-refractivity contribution >= 4 is 17.6 Å². The number of hydrogen-bond acceptors (Lipinski definition) is 6. The van der Waals surface area contributed by atoms with Crippen molar-refractivity contribution in [3.63, 3.8) is 0 Å². The Hall–Kier alpha value is -1.69. The van der Waals surface area contributed by atoms with Crippen LogP contribution in [0, 0.1) is 0 Å². The zero-order valence-electron chi connectivity index (χ0n) is 9.50. The van der Waals surface area contributed by atoms with Crippen molar-refractivity contribution in [1.82, 2.24) is 19.9 Å². The van der Waals surface area contributed by atoms with Crippen molar-refractivity contribution in [2.75, 3.05) is 11.9 Å². The number of anilines is 1. The molecule has 0 spiro atoms. The molecule has 0 bridgehead atoms. The highest BCUT2D eigenvalue weighted by atomic mass is 32.2. The number of nitrogens with zero attached hydrogens (tertiary/aromatic N) is 4. The summed E-state index contributed by atoms with van der Waals surface area (Å²) >= 11 is 1.45. The van der Waals surface area contributed by atoms with Crippen molar-refractivity contribution < 1.29 is 0 Å². The summed E-state index contributed by atoms with van der Waals surface area (Å²) in [6.45, 7) is 3.01. The lowest BCUT2D eigenvalue weighted by Gasteiger charge is -2.04. The molecule has 2 aromatic heterocycles. The number of nitrogens with one attached hydrogen (secondary N) is 1. The molecule has 0 fully saturated rings. The Bertz CT molecular complexity index is 462. The third-order valence-corrected chi connectivity index (χ3v) is 2.74. The van der Waals surface area contributed by atoms with E-state index in [9.17, 15) is 0 Å². The molecule has 17 heavy (non-hydrogen) atoms. The molecular weight excluding hydrogens is 234 g/mol. The molecule has 0 atom stereocenters. The molecule has 0 aromatic carbocycles. The Labute approximate surface area is 104 Å². The molecule has 0 amide bonds. The van der Waals surface area contributed by atoms with Crippen LogP contribution in [0.25, 0.3) is 0 Å². The second-order valence-corrected chi connectivity index (χ2v) is 4.36. The first-order valence-corrected chi connectivity index (χ1v) is 6.20. The third kappa shape index (κ3) is 3.67. The van der Waals surface area contributed by atoms with Crippen LogP contribution in [0.2, 0.25) is 0 Å².